The van der Waals surface area contributed by atoms with Crippen molar-refractivity contribution in [2.45, 2.75) is 24.7 Å². The fraction of sp³-hybridized carbons (Fsp3) is 0.474. The largest absolute Gasteiger partial charge is 0.356 e. The number of rotatable bonds is 4. The predicted octanol–water partition coefficient (Wildman–Crippen LogP) is 0.508. The van der Waals surface area contributed by atoms with E-state index in [1.54, 1.807) is 9.42 Å². The summed E-state index contributed by atoms with van der Waals surface area (Å²) < 4.78 is 29.4. The number of anilines is 1. The molecule has 1 amide bonds. The number of carbonyl (C=O) groups excluding carboxylic acids is 1. The van der Waals surface area contributed by atoms with E-state index in [4.69, 9.17) is 0 Å². The molecule has 5 rings (SSSR count). The van der Waals surface area contributed by atoms with E-state index in [-0.39, 0.29) is 10.8 Å². The number of H-pyrrole nitrogens is 1. The Morgan fingerprint density at radius 1 is 1.06 bits per heavy atom. The molecule has 2 aliphatic rings. The van der Waals surface area contributed by atoms with Crippen LogP contribution in [0.4, 0.5) is 5.82 Å². The highest BCUT2D eigenvalue weighted by molar-refractivity contribution is 7.89. The van der Waals surface area contributed by atoms with Gasteiger partial charge >= 0.3 is 0 Å². The number of aromatic amines is 1. The first-order valence-corrected chi connectivity index (χ1v) is 11.8. The van der Waals surface area contributed by atoms with E-state index in [2.05, 4.69) is 25.0 Å². The zero-order valence-corrected chi connectivity index (χ0v) is 18.0. The van der Waals surface area contributed by atoms with Crippen LogP contribution >= 0.6 is 0 Å². The first-order chi connectivity index (χ1) is 14.9. The molecule has 0 atom stereocenters. The quantitative estimate of drug-likeness (QED) is 0.622. The van der Waals surface area contributed by atoms with Crippen LogP contribution in [0.15, 0.2) is 29.6 Å². The Kier molecular flexibility index (Phi) is 4.89. The first kappa shape index (κ1) is 19.9. The molecule has 0 spiro atoms. The van der Waals surface area contributed by atoms with E-state index in [9.17, 15) is 13.2 Å². The van der Waals surface area contributed by atoms with Crippen LogP contribution in [0.25, 0.3) is 5.78 Å². The molecule has 0 radical (unpaired) electrons. The van der Waals surface area contributed by atoms with E-state index in [0.29, 0.717) is 37.7 Å². The molecule has 164 valence electrons. The molecule has 0 bridgehead atoms. The molecule has 12 heteroatoms. The summed E-state index contributed by atoms with van der Waals surface area (Å²) in [4.78, 5) is 27.9. The number of piperazine rings is 1. The van der Waals surface area contributed by atoms with Crippen molar-refractivity contribution in [1.82, 2.24) is 33.8 Å². The minimum Gasteiger partial charge on any atom is -0.356 e. The lowest BCUT2D eigenvalue weighted by molar-refractivity contribution is 0.0787. The number of nitrogens with one attached hydrogen (secondary N) is 1. The van der Waals surface area contributed by atoms with E-state index < -0.39 is 10.0 Å². The van der Waals surface area contributed by atoms with Crippen LogP contribution in [0.5, 0.6) is 0 Å². The number of fused-ring (bicyclic) bond motifs is 1. The molecule has 0 aliphatic carbocycles. The third-order valence-electron chi connectivity index (χ3n) is 5.84. The van der Waals surface area contributed by atoms with Crippen LogP contribution in [0.1, 0.15) is 29.0 Å². The van der Waals surface area contributed by atoms with Crippen LogP contribution in [-0.4, -0.2) is 87.4 Å². The van der Waals surface area contributed by atoms with Crippen molar-refractivity contribution in [3.63, 3.8) is 0 Å². The van der Waals surface area contributed by atoms with E-state index in [1.807, 2.05) is 13.0 Å². The maximum Gasteiger partial charge on any atom is 0.270 e. The van der Waals surface area contributed by atoms with Gasteiger partial charge in [-0.25, -0.2) is 13.4 Å². The smallest absolute Gasteiger partial charge is 0.270 e. The van der Waals surface area contributed by atoms with Crippen LogP contribution in [0.3, 0.4) is 0 Å². The molecular formula is C19H24N8O3S. The number of aryl methyl sites for hydroxylation is 1. The maximum atomic E-state index is 13.1. The Balaban J connectivity index is 1.31. The summed E-state index contributed by atoms with van der Waals surface area (Å²) in [6, 6.07) is 3.38. The summed E-state index contributed by atoms with van der Waals surface area (Å²) >= 11 is 0. The van der Waals surface area contributed by atoms with Crippen molar-refractivity contribution in [2.24, 2.45) is 0 Å². The Bertz CT molecular complexity index is 1220. The van der Waals surface area contributed by atoms with Crippen molar-refractivity contribution in [3.05, 3.63) is 36.0 Å². The summed E-state index contributed by atoms with van der Waals surface area (Å²) in [5.41, 5.74) is 1.15. The van der Waals surface area contributed by atoms with Gasteiger partial charge in [0.15, 0.2) is 0 Å². The summed E-state index contributed by atoms with van der Waals surface area (Å²) in [6.45, 7) is 5.03. The molecular weight excluding hydrogens is 420 g/mol. The van der Waals surface area contributed by atoms with Crippen molar-refractivity contribution >= 4 is 27.5 Å². The molecule has 2 saturated heterocycles. The van der Waals surface area contributed by atoms with Gasteiger partial charge in [0, 0.05) is 57.2 Å². The van der Waals surface area contributed by atoms with Gasteiger partial charge in [0.1, 0.15) is 22.7 Å². The minimum atomic E-state index is -3.69. The molecule has 0 aromatic carbocycles. The van der Waals surface area contributed by atoms with Crippen molar-refractivity contribution in [2.75, 3.05) is 44.2 Å². The molecule has 3 aromatic rings. The SMILES string of the molecule is Cc1cc(N2CCN(S(=O)(=O)c3c[nH]c(C(=O)N4CCCC4)c3)CC2)n2ncnc2n1. The van der Waals surface area contributed by atoms with Gasteiger partial charge in [-0.3, -0.25) is 4.79 Å². The fourth-order valence-corrected chi connectivity index (χ4v) is 5.60. The maximum absolute atomic E-state index is 13.1. The number of aromatic nitrogens is 5. The highest BCUT2D eigenvalue weighted by Crippen LogP contribution is 2.23. The van der Waals surface area contributed by atoms with E-state index >= 15 is 0 Å². The van der Waals surface area contributed by atoms with Gasteiger partial charge in [-0.1, -0.05) is 0 Å². The summed E-state index contributed by atoms with van der Waals surface area (Å²) in [6.07, 6.45) is 4.84. The van der Waals surface area contributed by atoms with Crippen LogP contribution in [0.2, 0.25) is 0 Å². The number of hydrogen-bond donors (Lipinski definition) is 1. The van der Waals surface area contributed by atoms with Crippen LogP contribution < -0.4 is 4.90 Å². The van der Waals surface area contributed by atoms with Crippen molar-refractivity contribution in [1.29, 1.82) is 0 Å². The summed E-state index contributed by atoms with van der Waals surface area (Å²) in [5.74, 6) is 1.22. The monoisotopic (exact) mass is 444 g/mol. The second-order valence-corrected chi connectivity index (χ2v) is 9.80. The molecule has 5 heterocycles. The van der Waals surface area contributed by atoms with Gasteiger partial charge < -0.3 is 14.8 Å². The molecule has 31 heavy (non-hydrogen) atoms. The Morgan fingerprint density at radius 3 is 2.55 bits per heavy atom. The van der Waals surface area contributed by atoms with E-state index in [1.165, 1.54) is 22.9 Å². The zero-order valence-electron chi connectivity index (χ0n) is 17.2. The van der Waals surface area contributed by atoms with Gasteiger partial charge in [0.25, 0.3) is 11.7 Å². The third kappa shape index (κ3) is 3.55. The second-order valence-electron chi connectivity index (χ2n) is 7.87. The number of likely N-dealkylation sites (tertiary alicyclic amines) is 1. The van der Waals surface area contributed by atoms with Gasteiger partial charge in [-0.15, -0.1) is 0 Å². The van der Waals surface area contributed by atoms with Crippen molar-refractivity contribution < 1.29 is 13.2 Å². The number of nitrogens with zero attached hydrogens (tertiary/aromatic N) is 7. The third-order valence-corrected chi connectivity index (χ3v) is 7.72. The number of amides is 1. The standard InChI is InChI=1S/C19H24N8O3S/c1-14-10-17(27-19(23-14)21-13-22-27)24-6-8-26(9-7-24)31(29,30)15-11-16(20-12-15)18(28)25-4-2-3-5-25/h10-13,20H,2-9H2,1H3. The van der Waals surface area contributed by atoms with Crippen LogP contribution in [0, 0.1) is 6.92 Å². The van der Waals surface area contributed by atoms with Gasteiger partial charge in [0.2, 0.25) is 10.0 Å². The molecule has 2 fully saturated rings. The van der Waals surface area contributed by atoms with Gasteiger partial charge in [-0.2, -0.15) is 18.9 Å². The molecule has 11 nitrogen and oxygen atoms in total. The molecule has 0 saturated carbocycles. The van der Waals surface area contributed by atoms with Crippen LogP contribution in [-0.2, 0) is 10.0 Å². The highest BCUT2D eigenvalue weighted by Gasteiger charge is 2.31. The fourth-order valence-electron chi connectivity index (χ4n) is 4.18. The minimum absolute atomic E-state index is 0.127. The number of carbonyl (C=O) groups is 1. The predicted molar refractivity (Wildman–Crippen MR) is 112 cm³/mol. The molecule has 3 aromatic heterocycles. The number of sulfonamides is 1. The van der Waals surface area contributed by atoms with Gasteiger partial charge in [-0.05, 0) is 25.8 Å². The molecule has 1 N–H and O–H groups in total. The Hall–Kier alpha value is -2.99. The topological polar surface area (TPSA) is 120 Å². The van der Waals surface area contributed by atoms with E-state index in [0.717, 1.165) is 37.4 Å². The Labute approximate surface area is 179 Å². The van der Waals surface area contributed by atoms with Gasteiger partial charge in [0.05, 0.1) is 0 Å². The molecule has 2 aliphatic heterocycles. The van der Waals surface area contributed by atoms with Crippen molar-refractivity contribution in [3.8, 4) is 0 Å². The zero-order chi connectivity index (χ0) is 21.6. The highest BCUT2D eigenvalue weighted by atomic mass is 32.2. The average molecular weight is 445 g/mol. The lowest BCUT2D eigenvalue weighted by Crippen LogP contribution is -2.49. The Morgan fingerprint density at radius 2 is 1.81 bits per heavy atom. The normalized spacial score (nSPS) is 18.2. The second kappa shape index (κ2) is 7.61. The average Bonchev–Trinajstić information content (AvgIpc) is 3.54. The number of hydrogen-bond acceptors (Lipinski definition) is 7. The lowest BCUT2D eigenvalue weighted by Gasteiger charge is -2.35. The first-order valence-electron chi connectivity index (χ1n) is 10.3. The molecule has 0 unspecified atom stereocenters. The lowest BCUT2D eigenvalue weighted by atomic mass is 10.3. The summed E-state index contributed by atoms with van der Waals surface area (Å²) in [7, 11) is -3.69. The summed E-state index contributed by atoms with van der Waals surface area (Å²) in [5, 5.41) is 4.23.